The van der Waals surface area contributed by atoms with Crippen molar-refractivity contribution in [3.05, 3.63) is 62.9 Å². The molecule has 1 fully saturated rings. The van der Waals surface area contributed by atoms with Gasteiger partial charge in [0.25, 0.3) is 5.56 Å². The smallest absolute Gasteiger partial charge is 0.347 e. The predicted molar refractivity (Wildman–Crippen MR) is 146 cm³/mol. The van der Waals surface area contributed by atoms with Crippen molar-refractivity contribution in [2.24, 2.45) is 0 Å². The third-order valence-corrected chi connectivity index (χ3v) is 9.40. The van der Waals surface area contributed by atoms with Gasteiger partial charge in [-0.2, -0.15) is 9.79 Å². The Morgan fingerprint density at radius 1 is 1.20 bits per heavy atom. The van der Waals surface area contributed by atoms with Gasteiger partial charge >= 0.3 is 19.5 Å². The maximum absolute atomic E-state index is 12.7. The number of nitrogens with zero attached hydrogens (tertiary/aromatic N) is 3. The summed E-state index contributed by atoms with van der Waals surface area (Å²) in [5.41, 5.74) is -1.21. The molecule has 1 aliphatic heterocycles. The summed E-state index contributed by atoms with van der Waals surface area (Å²) in [4.78, 5) is 50.8. The molecule has 3 N–H and O–H groups in total. The van der Waals surface area contributed by atoms with Crippen molar-refractivity contribution in [3.8, 4) is 11.8 Å². The lowest BCUT2D eigenvalue weighted by molar-refractivity contribution is -0.0595. The predicted octanol–water partition coefficient (Wildman–Crippen LogP) is 1.83. The molecule has 5 atom stereocenters. The summed E-state index contributed by atoms with van der Waals surface area (Å²) >= 11 is 0. The molecule has 3 rings (SSSR count). The average Bonchev–Trinajstić information content (AvgIpc) is 3.19. The average molecular weight is 580 g/mol. The number of nitriles is 1. The van der Waals surface area contributed by atoms with Crippen LogP contribution in [0.15, 0.2) is 46.1 Å². The first-order chi connectivity index (χ1) is 18.9. The van der Waals surface area contributed by atoms with Gasteiger partial charge in [0.05, 0.1) is 25.2 Å². The Morgan fingerprint density at radius 3 is 2.40 bits per heavy atom. The standard InChI is InChI=1S/C26H35N4O9P/c1-16(2)30(17(3)4)40(35,14-6-12-27)39-23-20(15-37-25(33)18-7-9-19(36-5)10-8-18)38-24(22(23)32)29-13-11-21(31)28-26(29)34/h7-11,13,16-17,20,22-24,32,35H,6,14-15H2,1-5H3/p+1/t20-,22-,23-,24-,40?/m1/s1. The van der Waals surface area contributed by atoms with Gasteiger partial charge in [0.1, 0.15) is 30.7 Å². The first-order valence-electron chi connectivity index (χ1n) is 12.8. The molecule has 0 saturated carbocycles. The minimum Gasteiger partial charge on any atom is -0.497 e. The van der Waals surface area contributed by atoms with Crippen LogP contribution in [0, 0.1) is 11.3 Å². The fourth-order valence-corrected chi connectivity index (χ4v) is 7.67. The number of esters is 1. The first-order valence-corrected chi connectivity index (χ1v) is 14.6. The zero-order chi connectivity index (χ0) is 29.6. The van der Waals surface area contributed by atoms with Crippen molar-refractivity contribution >= 4 is 13.8 Å². The second-order valence-electron chi connectivity index (χ2n) is 9.83. The van der Waals surface area contributed by atoms with E-state index in [0.29, 0.717) is 5.75 Å². The maximum atomic E-state index is 12.7. The molecule has 1 aliphatic rings. The van der Waals surface area contributed by atoms with Crippen molar-refractivity contribution < 1.29 is 33.5 Å². The van der Waals surface area contributed by atoms with Gasteiger partial charge in [0.15, 0.2) is 12.3 Å². The van der Waals surface area contributed by atoms with E-state index in [-0.39, 0.29) is 36.8 Å². The molecule has 1 aromatic carbocycles. The van der Waals surface area contributed by atoms with Crippen LogP contribution in [0.1, 0.15) is 50.7 Å². The lowest BCUT2D eigenvalue weighted by atomic mass is 10.1. The number of benzene rings is 1. The molecular weight excluding hydrogens is 543 g/mol. The molecule has 0 radical (unpaired) electrons. The summed E-state index contributed by atoms with van der Waals surface area (Å²) in [6.45, 7) is 7.11. The summed E-state index contributed by atoms with van der Waals surface area (Å²) < 4.78 is 25.5. The number of hydrogen-bond donors (Lipinski definition) is 3. The fraction of sp³-hybridized carbons (Fsp3) is 0.538. The van der Waals surface area contributed by atoms with Crippen molar-refractivity contribution in [3.63, 3.8) is 0 Å². The summed E-state index contributed by atoms with van der Waals surface area (Å²) in [7, 11) is -2.01. The number of aromatic nitrogens is 2. The zero-order valence-corrected chi connectivity index (χ0v) is 24.0. The molecule has 0 aliphatic carbocycles. The van der Waals surface area contributed by atoms with Gasteiger partial charge in [0, 0.05) is 24.3 Å². The molecular formula is C26H36N4O9P+. The molecule has 2 aromatic rings. The largest absolute Gasteiger partial charge is 0.497 e. The van der Waals surface area contributed by atoms with Crippen LogP contribution in [0.25, 0.3) is 0 Å². The number of hydrogen-bond acceptors (Lipinski definition) is 11. The molecule has 0 bridgehead atoms. The quantitative estimate of drug-likeness (QED) is 0.247. The second-order valence-corrected chi connectivity index (χ2v) is 12.3. The number of nitrogens with one attached hydrogen (secondary N) is 1. The van der Waals surface area contributed by atoms with E-state index in [4.69, 9.17) is 18.7 Å². The molecule has 13 nitrogen and oxygen atoms in total. The van der Waals surface area contributed by atoms with E-state index >= 15 is 0 Å². The van der Waals surface area contributed by atoms with Gasteiger partial charge in [-0.25, -0.2) is 14.5 Å². The van der Waals surface area contributed by atoms with E-state index in [1.165, 1.54) is 25.4 Å². The Morgan fingerprint density at radius 2 is 1.85 bits per heavy atom. The monoisotopic (exact) mass is 579 g/mol. The number of ether oxygens (including phenoxy) is 3. The number of rotatable bonds is 12. The number of aliphatic hydroxyl groups excluding tert-OH is 1. The highest BCUT2D eigenvalue weighted by molar-refractivity contribution is 7.63. The number of H-pyrrole nitrogens is 1. The number of aromatic amines is 1. The minimum absolute atomic E-state index is 0.00922. The number of methoxy groups -OCH3 is 1. The van der Waals surface area contributed by atoms with Crippen LogP contribution in [0.3, 0.4) is 0 Å². The lowest BCUT2D eigenvalue weighted by Gasteiger charge is -2.37. The molecule has 40 heavy (non-hydrogen) atoms. The summed E-state index contributed by atoms with van der Waals surface area (Å²) in [6.07, 6.45) is -4.06. The zero-order valence-electron chi connectivity index (χ0n) is 23.1. The van der Waals surface area contributed by atoms with Crippen molar-refractivity contribution in [2.45, 2.75) is 70.7 Å². The lowest BCUT2D eigenvalue weighted by Crippen LogP contribution is -2.44. The van der Waals surface area contributed by atoms with E-state index < -0.39 is 49.6 Å². The van der Waals surface area contributed by atoms with Crippen LogP contribution in [0.5, 0.6) is 5.75 Å². The van der Waals surface area contributed by atoms with Crippen LogP contribution in [-0.4, -0.2) is 80.5 Å². The SMILES string of the molecule is COc1ccc(C(=O)OC[C@H]2O[C@@H](n3ccc(=O)[nH]c3=O)[C@H](O)[C@@H]2O[P+](O)(CCC#N)N(C(C)C)C(C)C)cc1. The first kappa shape index (κ1) is 31.4. The van der Waals surface area contributed by atoms with Crippen molar-refractivity contribution in [1.29, 1.82) is 5.26 Å². The highest BCUT2D eigenvalue weighted by Crippen LogP contribution is 2.63. The molecule has 0 spiro atoms. The summed E-state index contributed by atoms with van der Waals surface area (Å²) in [6, 6.07) is 9.02. The van der Waals surface area contributed by atoms with E-state index in [9.17, 15) is 29.6 Å². The normalized spacial score (nSPS) is 22.3. The fourth-order valence-electron chi connectivity index (χ4n) is 4.74. The van der Waals surface area contributed by atoms with Gasteiger partial charge in [-0.1, -0.05) is 0 Å². The van der Waals surface area contributed by atoms with E-state index in [1.807, 2.05) is 33.8 Å². The van der Waals surface area contributed by atoms with E-state index in [1.54, 1.807) is 16.8 Å². The van der Waals surface area contributed by atoms with Crippen molar-refractivity contribution in [1.82, 2.24) is 14.2 Å². The summed E-state index contributed by atoms with van der Waals surface area (Å²) in [5, 5.41) is 20.6. The van der Waals surface area contributed by atoms with Gasteiger partial charge in [-0.05, 0) is 52.0 Å². The Bertz CT molecular complexity index is 1300. The van der Waals surface area contributed by atoms with Crippen LogP contribution < -0.4 is 16.0 Å². The van der Waals surface area contributed by atoms with Gasteiger partial charge in [-0.3, -0.25) is 14.3 Å². The second kappa shape index (κ2) is 13.5. The van der Waals surface area contributed by atoms with Crippen LogP contribution in [-0.2, 0) is 14.0 Å². The third kappa shape index (κ3) is 7.14. The highest BCUT2D eigenvalue weighted by Gasteiger charge is 2.57. The third-order valence-electron chi connectivity index (χ3n) is 6.36. The van der Waals surface area contributed by atoms with Crippen LogP contribution in [0.4, 0.5) is 0 Å². The Labute approximate surface area is 232 Å². The number of aliphatic hydroxyl groups is 1. The highest BCUT2D eigenvalue weighted by atomic mass is 31.2. The topological polar surface area (TPSA) is 176 Å². The molecule has 218 valence electrons. The Hall–Kier alpha value is -3.11. The molecule has 14 heteroatoms. The summed E-state index contributed by atoms with van der Waals surface area (Å²) in [5.74, 6) is -0.119. The van der Waals surface area contributed by atoms with Crippen LogP contribution >= 0.6 is 7.87 Å². The van der Waals surface area contributed by atoms with Crippen molar-refractivity contribution in [2.75, 3.05) is 19.9 Å². The molecule has 1 unspecified atom stereocenters. The number of carbonyl (C=O) groups is 1. The van der Waals surface area contributed by atoms with E-state index in [2.05, 4.69) is 4.98 Å². The van der Waals surface area contributed by atoms with Crippen LogP contribution in [0.2, 0.25) is 0 Å². The van der Waals surface area contributed by atoms with E-state index in [0.717, 1.165) is 10.6 Å². The molecule has 1 saturated heterocycles. The van der Waals surface area contributed by atoms with Gasteiger partial charge in [-0.15, -0.1) is 4.67 Å². The number of carbonyl (C=O) groups excluding carboxylic acids is 1. The molecule has 1 aromatic heterocycles. The Balaban J connectivity index is 1.94. The van der Waals surface area contributed by atoms with Gasteiger partial charge < -0.3 is 19.3 Å². The van der Waals surface area contributed by atoms with Gasteiger partial charge in [0.2, 0.25) is 0 Å². The Kier molecular flexibility index (Phi) is 10.6. The maximum Gasteiger partial charge on any atom is 0.347 e. The minimum atomic E-state index is -3.51. The molecule has 0 amide bonds. The molecule has 2 heterocycles.